The fraction of sp³-hybridized carbons (Fsp3) is 0.780. The number of nitrogens with one attached hydrogen (secondary N) is 12. The minimum absolute atomic E-state index is 0.0841. The van der Waals surface area contributed by atoms with Gasteiger partial charge in [-0.15, -0.1) is 0 Å². The largest absolute Gasteiger partial charge is 0.368 e. The van der Waals surface area contributed by atoms with Crippen LogP contribution >= 0.6 is 0 Å². The molecule has 432 valence electrons. The van der Waals surface area contributed by atoms with Gasteiger partial charge in [0.2, 0.25) is 65.0 Å². The predicted octanol–water partition coefficient (Wildman–Crippen LogP) is -3.44. The lowest BCUT2D eigenvalue weighted by molar-refractivity contribution is -0.141. The molecule has 0 aliphatic carbocycles. The summed E-state index contributed by atoms with van der Waals surface area (Å²) in [5.41, 5.74) is 4.72. The van der Waals surface area contributed by atoms with Gasteiger partial charge in [-0.2, -0.15) is 0 Å². The average Bonchev–Trinajstić information content (AvgIpc) is 3.30. The molecule has 0 radical (unpaired) electrons. The number of carbonyl (C=O) groups is 11. The fourth-order valence-corrected chi connectivity index (χ4v) is 8.31. The van der Waals surface area contributed by atoms with Crippen LogP contribution in [0.5, 0.6) is 0 Å². The van der Waals surface area contributed by atoms with Crippen molar-refractivity contribution in [2.45, 2.75) is 211 Å². The molecule has 2 heterocycles. The highest BCUT2D eigenvalue weighted by Crippen LogP contribution is 2.23. The van der Waals surface area contributed by atoms with E-state index in [0.717, 1.165) is 0 Å². The first-order valence-electron chi connectivity index (χ1n) is 26.2. The van der Waals surface area contributed by atoms with E-state index in [1.54, 1.807) is 0 Å². The lowest BCUT2D eigenvalue weighted by Crippen LogP contribution is -2.69. The van der Waals surface area contributed by atoms with Crippen LogP contribution in [0.1, 0.15) is 154 Å². The maximum atomic E-state index is 14.0. The monoisotopic (exact) mass is 1080 g/mol. The smallest absolute Gasteiger partial charge is 0.246 e. The number of unbranched alkanes of at least 4 members (excludes halogenated alkanes) is 2. The summed E-state index contributed by atoms with van der Waals surface area (Å²) in [5, 5.41) is 33.0. The molecule has 0 aromatic rings. The SMILES string of the molecule is CC(=O)NC1(C(=O)NC(C)(C)C(=O)NC(C)(C)C(=O)N[C@@H](CCCCN)C(=O)NC(C)(C)C(=O)NC(C)(C)C(=O)N[C@@H](CCCCN)C(=O)NC(C)(C)C(=O)NC(C)(C)C(=O)NC2(C(N)=O)CCNCC2)CCNCC1. The van der Waals surface area contributed by atoms with Gasteiger partial charge >= 0.3 is 0 Å². The van der Waals surface area contributed by atoms with Gasteiger partial charge in [0.1, 0.15) is 56.4 Å². The van der Waals surface area contributed by atoms with Gasteiger partial charge in [0.15, 0.2) is 0 Å². The average molecular weight is 1080 g/mol. The van der Waals surface area contributed by atoms with Crippen LogP contribution in [-0.2, 0) is 52.7 Å². The molecule has 0 unspecified atom stereocenters. The maximum absolute atomic E-state index is 14.0. The summed E-state index contributed by atoms with van der Waals surface area (Å²) in [6.45, 7) is 20.7. The van der Waals surface area contributed by atoms with Gasteiger partial charge in [-0.1, -0.05) is 0 Å². The van der Waals surface area contributed by atoms with Gasteiger partial charge in [0, 0.05) is 6.92 Å². The Bertz CT molecular complexity index is 2150. The minimum atomic E-state index is -1.71. The summed E-state index contributed by atoms with van der Waals surface area (Å²) in [6.07, 6.45) is 3.01. The van der Waals surface area contributed by atoms with E-state index in [2.05, 4.69) is 63.8 Å². The molecule has 0 saturated carbocycles. The highest BCUT2D eigenvalue weighted by Gasteiger charge is 2.47. The van der Waals surface area contributed by atoms with Crippen molar-refractivity contribution in [3.05, 3.63) is 0 Å². The van der Waals surface area contributed by atoms with Gasteiger partial charge in [-0.3, -0.25) is 52.7 Å². The molecule has 76 heavy (non-hydrogen) atoms. The van der Waals surface area contributed by atoms with E-state index in [1.165, 1.54) is 90.0 Å². The first kappa shape index (κ1) is 66.1. The molecule has 2 aliphatic heterocycles. The van der Waals surface area contributed by atoms with Crippen molar-refractivity contribution in [3.8, 4) is 0 Å². The third kappa shape index (κ3) is 18.6. The van der Waals surface area contributed by atoms with Crippen LogP contribution in [0.25, 0.3) is 0 Å². The Hall–Kier alpha value is -5.99. The van der Waals surface area contributed by atoms with Crippen molar-refractivity contribution in [2.24, 2.45) is 17.2 Å². The molecular weight excluding hydrogens is 987 g/mol. The number of nitrogens with two attached hydrogens (primary N) is 3. The van der Waals surface area contributed by atoms with E-state index < -0.39 is 121 Å². The molecule has 0 spiro atoms. The maximum Gasteiger partial charge on any atom is 0.246 e. The van der Waals surface area contributed by atoms with Crippen LogP contribution < -0.4 is 81.0 Å². The van der Waals surface area contributed by atoms with Crippen LogP contribution in [0, 0.1) is 0 Å². The Labute approximate surface area is 447 Å². The molecule has 26 nitrogen and oxygen atoms in total. The van der Waals surface area contributed by atoms with E-state index in [4.69, 9.17) is 17.2 Å². The molecule has 2 rings (SSSR count). The normalized spacial score (nSPS) is 16.7. The number of hydrogen-bond acceptors (Lipinski definition) is 15. The first-order chi connectivity index (χ1) is 34.9. The molecule has 0 aromatic carbocycles. The zero-order valence-electron chi connectivity index (χ0n) is 47.2. The Morgan fingerprint density at radius 3 is 1.08 bits per heavy atom. The molecule has 11 amide bonds. The summed E-state index contributed by atoms with van der Waals surface area (Å²) in [7, 11) is 0. The molecule has 26 heteroatoms. The number of hydrogen-bond donors (Lipinski definition) is 15. The van der Waals surface area contributed by atoms with Crippen molar-refractivity contribution in [3.63, 3.8) is 0 Å². The topological polar surface area (TPSA) is 410 Å². The third-order valence-corrected chi connectivity index (χ3v) is 13.7. The Morgan fingerprint density at radius 2 is 0.750 bits per heavy atom. The van der Waals surface area contributed by atoms with E-state index >= 15 is 0 Å². The van der Waals surface area contributed by atoms with Crippen molar-refractivity contribution in [1.29, 1.82) is 0 Å². The van der Waals surface area contributed by atoms with E-state index in [0.29, 0.717) is 51.9 Å². The van der Waals surface area contributed by atoms with Gasteiger partial charge in [0.25, 0.3) is 0 Å². The van der Waals surface area contributed by atoms with E-state index in [9.17, 15) is 52.7 Å². The number of carbonyl (C=O) groups excluding carboxylic acids is 11. The van der Waals surface area contributed by atoms with Crippen molar-refractivity contribution >= 4 is 65.0 Å². The van der Waals surface area contributed by atoms with Crippen molar-refractivity contribution < 1.29 is 52.7 Å². The highest BCUT2D eigenvalue weighted by atomic mass is 16.2. The first-order valence-corrected chi connectivity index (χ1v) is 26.2. The Morgan fingerprint density at radius 1 is 0.434 bits per heavy atom. The number of amides is 11. The second-order valence-corrected chi connectivity index (χ2v) is 23.3. The Kier molecular flexibility index (Phi) is 23.4. The van der Waals surface area contributed by atoms with Crippen LogP contribution in [-0.4, -0.2) is 161 Å². The lowest BCUT2D eigenvalue weighted by Gasteiger charge is -2.39. The molecular formula is C50H91N15O11. The summed E-state index contributed by atoms with van der Waals surface area (Å²) < 4.78 is 0. The number of rotatable bonds is 28. The quantitative estimate of drug-likeness (QED) is 0.0339. The van der Waals surface area contributed by atoms with E-state index in [-0.39, 0.29) is 51.6 Å². The second-order valence-electron chi connectivity index (χ2n) is 23.3. The lowest BCUT2D eigenvalue weighted by atomic mass is 9.86. The summed E-state index contributed by atoms with van der Waals surface area (Å²) in [5.74, 6) is -7.73. The Balaban J connectivity index is 2.20. The zero-order chi connectivity index (χ0) is 58.3. The minimum Gasteiger partial charge on any atom is -0.368 e. The highest BCUT2D eigenvalue weighted by molar-refractivity contribution is 6.02. The molecule has 0 bridgehead atoms. The molecule has 0 aromatic heterocycles. The van der Waals surface area contributed by atoms with Crippen LogP contribution in [0.15, 0.2) is 0 Å². The van der Waals surface area contributed by atoms with E-state index in [1.807, 2.05) is 0 Å². The molecule has 2 fully saturated rings. The third-order valence-electron chi connectivity index (χ3n) is 13.7. The van der Waals surface area contributed by atoms with Crippen LogP contribution in [0.3, 0.4) is 0 Å². The number of primary amides is 1. The van der Waals surface area contributed by atoms with Crippen molar-refractivity contribution in [2.75, 3.05) is 39.3 Å². The molecule has 2 aliphatic rings. The van der Waals surface area contributed by atoms with Gasteiger partial charge in [0.05, 0.1) is 0 Å². The molecule has 2 atom stereocenters. The standard InChI is InChI=1S/C50H91N15O11/c1-30(66)58-50(22-28-55-29-23-50)42(76)64-47(10,11)40(74)62-44(4,5)37(71)57-31(18-14-16-24-51)33(67)59-45(6,7)38(72)61-43(2,3)36(70)56-32(19-15-17-25-52)34(68)60-46(8,9)39(73)63-48(12,13)41(75)65-49(35(53)69)20-26-54-27-21-49/h31-32,54-55H,14-29,51-52H2,1-13H3,(H2,53,69)(H,56,70)(H,57,71)(H,58,66)(H,59,67)(H,60,68)(H,61,72)(H,62,74)(H,63,73)(H,64,76)(H,65,75)/t31-,32-/m0/s1. The van der Waals surface area contributed by atoms with Gasteiger partial charge in [-0.05, 0) is 187 Å². The zero-order valence-corrected chi connectivity index (χ0v) is 47.2. The predicted molar refractivity (Wildman–Crippen MR) is 284 cm³/mol. The van der Waals surface area contributed by atoms with Gasteiger partial charge < -0.3 is 81.0 Å². The van der Waals surface area contributed by atoms with Crippen LogP contribution in [0.2, 0.25) is 0 Å². The second kappa shape index (κ2) is 26.9. The fourth-order valence-electron chi connectivity index (χ4n) is 8.31. The number of piperidine rings is 2. The molecule has 18 N–H and O–H groups in total. The summed E-state index contributed by atoms with van der Waals surface area (Å²) >= 11 is 0. The summed E-state index contributed by atoms with van der Waals surface area (Å²) in [4.78, 5) is 149. The summed E-state index contributed by atoms with van der Waals surface area (Å²) in [6, 6.07) is -2.47. The van der Waals surface area contributed by atoms with Crippen molar-refractivity contribution in [1.82, 2.24) is 63.8 Å². The molecule has 2 saturated heterocycles. The van der Waals surface area contributed by atoms with Crippen LogP contribution in [0.4, 0.5) is 0 Å². The van der Waals surface area contributed by atoms with Gasteiger partial charge in [-0.25, -0.2) is 0 Å².